The molecule has 0 aliphatic heterocycles. The van der Waals surface area contributed by atoms with Crippen molar-refractivity contribution in [2.75, 3.05) is 24.7 Å². The molecule has 0 radical (unpaired) electrons. The highest BCUT2D eigenvalue weighted by Crippen LogP contribution is 2.19. The number of aryl methyl sites for hydroxylation is 1. The molecule has 138 valence electrons. The summed E-state index contributed by atoms with van der Waals surface area (Å²) in [5.41, 5.74) is 1.65. The first-order valence-electron chi connectivity index (χ1n) is 8.19. The number of hydrogen-bond acceptors (Lipinski definition) is 4. The van der Waals surface area contributed by atoms with Crippen molar-refractivity contribution in [1.82, 2.24) is 15.4 Å². The highest BCUT2D eigenvalue weighted by Gasteiger charge is 2.22. The molecule has 0 atom stereocenters. The van der Waals surface area contributed by atoms with Crippen LogP contribution < -0.4 is 20.7 Å². The topological polar surface area (TPSA) is 116 Å². The Morgan fingerprint density at radius 2 is 1.80 bits per heavy atom. The number of rotatable bonds is 9. The first-order valence-corrected chi connectivity index (χ1v) is 10.1. The summed E-state index contributed by atoms with van der Waals surface area (Å²) >= 11 is 0. The molecule has 9 heteroatoms. The lowest BCUT2D eigenvalue weighted by Crippen LogP contribution is -2.36. The zero-order valence-corrected chi connectivity index (χ0v) is 15.0. The first-order chi connectivity index (χ1) is 11.8. The minimum atomic E-state index is -3.25. The average molecular weight is 368 g/mol. The van der Waals surface area contributed by atoms with E-state index in [1.54, 1.807) is 12.1 Å². The molecule has 1 fully saturated rings. The molecule has 0 bridgehead atoms. The van der Waals surface area contributed by atoms with Gasteiger partial charge in [0.15, 0.2) is 0 Å². The molecule has 1 aromatic rings. The molecule has 0 aromatic heterocycles. The van der Waals surface area contributed by atoms with Crippen LogP contribution in [0.15, 0.2) is 24.3 Å². The summed E-state index contributed by atoms with van der Waals surface area (Å²) in [7, 11) is -3.25. The molecule has 25 heavy (non-hydrogen) atoms. The maximum atomic E-state index is 11.7. The quantitative estimate of drug-likeness (QED) is 0.477. The fraction of sp³-hybridized carbons (Fsp3) is 0.500. The summed E-state index contributed by atoms with van der Waals surface area (Å²) in [4.78, 5) is 23.3. The molecule has 8 nitrogen and oxygen atoms in total. The van der Waals surface area contributed by atoms with Crippen molar-refractivity contribution in [3.63, 3.8) is 0 Å². The van der Waals surface area contributed by atoms with Crippen molar-refractivity contribution in [2.45, 2.75) is 31.7 Å². The van der Waals surface area contributed by atoms with Gasteiger partial charge in [0.05, 0.1) is 6.26 Å². The van der Waals surface area contributed by atoms with Gasteiger partial charge in [-0.1, -0.05) is 12.1 Å². The summed E-state index contributed by atoms with van der Waals surface area (Å²) in [6.45, 7) is 0.321. The van der Waals surface area contributed by atoms with E-state index in [1.807, 2.05) is 12.1 Å². The Balaban J connectivity index is 1.66. The monoisotopic (exact) mass is 368 g/mol. The minimum Gasteiger partial charge on any atom is -0.353 e. The second kappa shape index (κ2) is 8.82. The van der Waals surface area contributed by atoms with E-state index in [-0.39, 0.29) is 19.0 Å². The molecule has 0 saturated heterocycles. The van der Waals surface area contributed by atoms with Gasteiger partial charge in [-0.15, -0.1) is 0 Å². The van der Waals surface area contributed by atoms with Gasteiger partial charge in [-0.3, -0.25) is 4.79 Å². The Morgan fingerprint density at radius 3 is 2.40 bits per heavy atom. The van der Waals surface area contributed by atoms with Crippen LogP contribution in [0, 0.1) is 0 Å². The summed E-state index contributed by atoms with van der Waals surface area (Å²) in [6, 6.07) is 7.23. The largest absolute Gasteiger partial charge is 0.353 e. The van der Waals surface area contributed by atoms with Crippen LogP contribution in [0.3, 0.4) is 0 Å². The molecule has 0 spiro atoms. The Hall–Kier alpha value is -2.13. The van der Waals surface area contributed by atoms with E-state index in [0.717, 1.165) is 24.7 Å². The molecule has 0 unspecified atom stereocenters. The predicted molar refractivity (Wildman–Crippen MR) is 95.8 cm³/mol. The van der Waals surface area contributed by atoms with Crippen molar-refractivity contribution in [3.05, 3.63) is 29.8 Å². The van der Waals surface area contributed by atoms with Crippen molar-refractivity contribution in [2.24, 2.45) is 0 Å². The Labute approximate surface area is 147 Å². The molecular weight excluding hydrogens is 344 g/mol. The molecule has 0 heterocycles. The van der Waals surface area contributed by atoms with Gasteiger partial charge < -0.3 is 16.0 Å². The van der Waals surface area contributed by atoms with Gasteiger partial charge in [0.1, 0.15) is 0 Å². The second-order valence-electron chi connectivity index (χ2n) is 6.09. The lowest BCUT2D eigenvalue weighted by molar-refractivity contribution is -0.121. The fourth-order valence-corrected chi connectivity index (χ4v) is 2.60. The van der Waals surface area contributed by atoms with Crippen LogP contribution in [0.2, 0.25) is 0 Å². The summed E-state index contributed by atoms with van der Waals surface area (Å²) in [5, 5.41) is 8.16. The van der Waals surface area contributed by atoms with E-state index in [0.29, 0.717) is 24.6 Å². The van der Waals surface area contributed by atoms with Crippen LogP contribution in [0.1, 0.15) is 24.8 Å². The molecule has 2 rings (SSSR count). The fourth-order valence-electron chi connectivity index (χ4n) is 2.13. The van der Waals surface area contributed by atoms with Gasteiger partial charge in [0.25, 0.3) is 0 Å². The second-order valence-corrected chi connectivity index (χ2v) is 7.92. The zero-order valence-electron chi connectivity index (χ0n) is 14.2. The van der Waals surface area contributed by atoms with Crippen LogP contribution in [-0.2, 0) is 21.2 Å². The summed E-state index contributed by atoms with van der Waals surface area (Å²) < 4.78 is 24.1. The maximum Gasteiger partial charge on any atom is 0.319 e. The Morgan fingerprint density at radius 1 is 1.12 bits per heavy atom. The van der Waals surface area contributed by atoms with Gasteiger partial charge in [-0.2, -0.15) is 0 Å². The van der Waals surface area contributed by atoms with Gasteiger partial charge in [0.2, 0.25) is 15.9 Å². The SMILES string of the molecule is CS(=O)(=O)NCCNC(=O)Nc1ccc(CCC(=O)NC2CC2)cc1. The molecule has 3 amide bonds. The van der Waals surface area contributed by atoms with E-state index < -0.39 is 16.1 Å². The van der Waals surface area contributed by atoms with E-state index in [1.165, 1.54) is 0 Å². The molecule has 4 N–H and O–H groups in total. The average Bonchev–Trinajstić information content (AvgIpc) is 3.34. The van der Waals surface area contributed by atoms with Crippen molar-refractivity contribution < 1.29 is 18.0 Å². The Bertz CT molecular complexity index is 699. The number of carbonyl (C=O) groups excluding carboxylic acids is 2. The van der Waals surface area contributed by atoms with E-state index in [2.05, 4.69) is 20.7 Å². The number of sulfonamides is 1. The van der Waals surface area contributed by atoms with Crippen LogP contribution in [0.25, 0.3) is 0 Å². The van der Waals surface area contributed by atoms with E-state index in [9.17, 15) is 18.0 Å². The smallest absolute Gasteiger partial charge is 0.319 e. The molecule has 1 aromatic carbocycles. The lowest BCUT2D eigenvalue weighted by Gasteiger charge is -2.09. The number of nitrogens with one attached hydrogen (secondary N) is 4. The summed E-state index contributed by atoms with van der Waals surface area (Å²) in [6.07, 6.45) is 4.33. The van der Waals surface area contributed by atoms with E-state index in [4.69, 9.17) is 0 Å². The van der Waals surface area contributed by atoms with Gasteiger partial charge >= 0.3 is 6.03 Å². The number of amides is 3. The van der Waals surface area contributed by atoms with Gasteiger partial charge in [-0.25, -0.2) is 17.9 Å². The molecular formula is C16H24N4O4S. The number of hydrogen-bond donors (Lipinski definition) is 4. The zero-order chi connectivity index (χ0) is 18.3. The lowest BCUT2D eigenvalue weighted by atomic mass is 10.1. The highest BCUT2D eigenvalue weighted by atomic mass is 32.2. The van der Waals surface area contributed by atoms with Gasteiger partial charge in [-0.05, 0) is 37.0 Å². The Kier molecular flexibility index (Phi) is 6.77. The van der Waals surface area contributed by atoms with Crippen LogP contribution >= 0.6 is 0 Å². The molecule has 1 saturated carbocycles. The third-order valence-electron chi connectivity index (χ3n) is 3.57. The normalized spacial score (nSPS) is 14.0. The molecule has 1 aliphatic rings. The van der Waals surface area contributed by atoms with Crippen LogP contribution in [0.4, 0.5) is 10.5 Å². The van der Waals surface area contributed by atoms with Crippen LogP contribution in [0.5, 0.6) is 0 Å². The number of anilines is 1. The van der Waals surface area contributed by atoms with Crippen molar-refractivity contribution in [3.8, 4) is 0 Å². The predicted octanol–water partition coefficient (Wildman–Crippen LogP) is 0.569. The number of benzene rings is 1. The third-order valence-corrected chi connectivity index (χ3v) is 4.30. The van der Waals surface area contributed by atoms with Crippen LogP contribution in [-0.4, -0.2) is 45.7 Å². The summed E-state index contributed by atoms with van der Waals surface area (Å²) in [5.74, 6) is 0.0757. The highest BCUT2D eigenvalue weighted by molar-refractivity contribution is 7.88. The first kappa shape index (κ1) is 19.2. The molecule has 1 aliphatic carbocycles. The number of carbonyl (C=O) groups is 2. The van der Waals surface area contributed by atoms with Crippen molar-refractivity contribution >= 4 is 27.6 Å². The van der Waals surface area contributed by atoms with Gasteiger partial charge in [0, 0.05) is 31.2 Å². The van der Waals surface area contributed by atoms with E-state index >= 15 is 0 Å². The minimum absolute atomic E-state index is 0.0757. The standard InChI is InChI=1S/C16H24N4O4S/c1-25(23,24)18-11-10-17-16(22)20-14-5-2-12(3-6-14)4-9-15(21)19-13-7-8-13/h2-3,5-6,13,18H,4,7-11H2,1H3,(H,19,21)(H2,17,20,22). The number of urea groups is 1. The van der Waals surface area contributed by atoms with Crippen molar-refractivity contribution in [1.29, 1.82) is 0 Å². The maximum absolute atomic E-state index is 11.7. The third kappa shape index (κ3) is 8.50.